The van der Waals surface area contributed by atoms with Crippen LogP contribution in [-0.4, -0.2) is 34.2 Å². The Morgan fingerprint density at radius 1 is 0.643 bits per heavy atom. The van der Waals surface area contributed by atoms with Crippen LogP contribution in [0.1, 0.15) is 24.0 Å². The van der Waals surface area contributed by atoms with Gasteiger partial charge in [0.05, 0.1) is 28.4 Å². The van der Waals surface area contributed by atoms with Crippen molar-refractivity contribution in [1.29, 1.82) is 0 Å². The summed E-state index contributed by atoms with van der Waals surface area (Å²) < 4.78 is 21.2. The van der Waals surface area contributed by atoms with Crippen molar-refractivity contribution >= 4 is 17.9 Å². The summed E-state index contributed by atoms with van der Waals surface area (Å²) in [7, 11) is 6.39. The molecule has 0 aliphatic heterocycles. The van der Waals surface area contributed by atoms with Crippen LogP contribution in [0.15, 0.2) is 47.5 Å². The van der Waals surface area contributed by atoms with Crippen molar-refractivity contribution in [2.75, 3.05) is 28.4 Å². The maximum atomic E-state index is 12.8. The third-order valence-corrected chi connectivity index (χ3v) is 4.74. The van der Waals surface area contributed by atoms with E-state index < -0.39 is 0 Å². The van der Waals surface area contributed by atoms with Crippen molar-refractivity contribution in [3.05, 3.63) is 58.7 Å². The van der Waals surface area contributed by atoms with Crippen LogP contribution in [-0.2, 0) is 4.79 Å². The van der Waals surface area contributed by atoms with Crippen LogP contribution in [0.4, 0.5) is 0 Å². The molecule has 0 unspecified atom stereocenters. The van der Waals surface area contributed by atoms with Crippen LogP contribution >= 0.6 is 0 Å². The van der Waals surface area contributed by atoms with Gasteiger partial charge in [0, 0.05) is 11.1 Å². The average molecular weight is 380 g/mol. The molecule has 0 radical (unpaired) electrons. The van der Waals surface area contributed by atoms with Gasteiger partial charge in [-0.15, -0.1) is 0 Å². The molecule has 28 heavy (non-hydrogen) atoms. The molecule has 0 heterocycles. The molecular formula is C23H24O5. The van der Waals surface area contributed by atoms with Gasteiger partial charge in [-0.2, -0.15) is 0 Å². The molecule has 5 nitrogen and oxygen atoms in total. The number of rotatable bonds is 6. The summed E-state index contributed by atoms with van der Waals surface area (Å²) in [5.41, 5.74) is 3.40. The lowest BCUT2D eigenvalue weighted by atomic mass is 10.1. The van der Waals surface area contributed by atoms with E-state index in [-0.39, 0.29) is 5.78 Å². The van der Waals surface area contributed by atoms with Gasteiger partial charge in [0.15, 0.2) is 28.8 Å². The Morgan fingerprint density at radius 2 is 1.04 bits per heavy atom. The van der Waals surface area contributed by atoms with E-state index in [0.717, 1.165) is 22.3 Å². The van der Waals surface area contributed by atoms with Gasteiger partial charge in [0.25, 0.3) is 0 Å². The van der Waals surface area contributed by atoms with E-state index in [2.05, 4.69) is 0 Å². The minimum Gasteiger partial charge on any atom is -0.493 e. The van der Waals surface area contributed by atoms with E-state index in [9.17, 15) is 4.79 Å². The SMILES string of the molecule is COc1ccc(/C=C2/CC/C(=C\c3ccc(OC)c(OC)c3)C2=O)cc1OC. The topological polar surface area (TPSA) is 54.0 Å². The quantitative estimate of drug-likeness (QED) is 0.688. The molecule has 0 bridgehead atoms. The average Bonchev–Trinajstić information content (AvgIpc) is 3.07. The fraction of sp³-hybridized carbons (Fsp3) is 0.261. The van der Waals surface area contributed by atoms with Gasteiger partial charge >= 0.3 is 0 Å². The molecule has 0 atom stereocenters. The predicted octanol–water partition coefficient (Wildman–Crippen LogP) is 4.55. The number of hydrogen-bond acceptors (Lipinski definition) is 5. The molecule has 0 N–H and O–H groups in total. The summed E-state index contributed by atoms with van der Waals surface area (Å²) in [6, 6.07) is 11.2. The number of carbonyl (C=O) groups is 1. The van der Waals surface area contributed by atoms with Gasteiger partial charge in [-0.1, -0.05) is 12.1 Å². The summed E-state index contributed by atoms with van der Waals surface area (Å²) in [5.74, 6) is 2.68. The van der Waals surface area contributed by atoms with Crippen molar-refractivity contribution in [3.63, 3.8) is 0 Å². The molecular weight excluding hydrogens is 356 g/mol. The van der Waals surface area contributed by atoms with E-state index in [1.54, 1.807) is 28.4 Å². The lowest BCUT2D eigenvalue weighted by Crippen LogP contribution is -1.96. The maximum absolute atomic E-state index is 12.8. The second kappa shape index (κ2) is 8.65. The Bertz CT molecular complexity index is 865. The van der Waals surface area contributed by atoms with E-state index in [1.807, 2.05) is 48.6 Å². The minimum atomic E-state index is 0.0737. The highest BCUT2D eigenvalue weighted by Gasteiger charge is 2.23. The number of benzene rings is 2. The lowest BCUT2D eigenvalue weighted by Gasteiger charge is -2.08. The lowest BCUT2D eigenvalue weighted by molar-refractivity contribution is -0.111. The Labute approximate surface area is 165 Å². The number of hydrogen-bond donors (Lipinski definition) is 0. The zero-order valence-electron chi connectivity index (χ0n) is 16.6. The highest BCUT2D eigenvalue weighted by atomic mass is 16.5. The van der Waals surface area contributed by atoms with Crippen molar-refractivity contribution in [2.24, 2.45) is 0 Å². The molecule has 0 saturated heterocycles. The van der Waals surface area contributed by atoms with Crippen LogP contribution < -0.4 is 18.9 Å². The highest BCUT2D eigenvalue weighted by Crippen LogP contribution is 2.34. The second-order valence-electron chi connectivity index (χ2n) is 6.40. The Morgan fingerprint density at radius 3 is 1.39 bits per heavy atom. The largest absolute Gasteiger partial charge is 0.493 e. The molecule has 2 aromatic rings. The summed E-state index contributed by atoms with van der Waals surface area (Å²) in [5, 5.41) is 0. The van der Waals surface area contributed by atoms with E-state index in [4.69, 9.17) is 18.9 Å². The molecule has 5 heteroatoms. The monoisotopic (exact) mass is 380 g/mol. The van der Waals surface area contributed by atoms with Crippen molar-refractivity contribution in [2.45, 2.75) is 12.8 Å². The number of allylic oxidation sites excluding steroid dienone is 2. The Hall–Kier alpha value is -3.21. The number of methoxy groups -OCH3 is 4. The van der Waals surface area contributed by atoms with Crippen LogP contribution in [0, 0.1) is 0 Å². The van der Waals surface area contributed by atoms with Gasteiger partial charge in [0.1, 0.15) is 0 Å². The second-order valence-corrected chi connectivity index (χ2v) is 6.40. The Balaban J connectivity index is 1.85. The van der Waals surface area contributed by atoms with Crippen molar-refractivity contribution < 1.29 is 23.7 Å². The first kappa shape index (κ1) is 19.5. The molecule has 146 valence electrons. The number of ketones is 1. The zero-order chi connectivity index (χ0) is 20.1. The van der Waals surface area contributed by atoms with Gasteiger partial charge in [-0.05, 0) is 60.4 Å². The van der Waals surface area contributed by atoms with Gasteiger partial charge in [0.2, 0.25) is 0 Å². The van der Waals surface area contributed by atoms with Crippen LogP contribution in [0.2, 0.25) is 0 Å². The molecule has 2 aromatic carbocycles. The first-order chi connectivity index (χ1) is 13.6. The predicted molar refractivity (Wildman–Crippen MR) is 109 cm³/mol. The highest BCUT2D eigenvalue weighted by molar-refractivity contribution is 6.15. The summed E-state index contributed by atoms with van der Waals surface area (Å²) >= 11 is 0. The normalized spacial score (nSPS) is 16.5. The third-order valence-electron chi connectivity index (χ3n) is 4.74. The standard InChI is InChI=1S/C23H24O5/c1-25-19-9-5-15(13-21(19)27-3)11-17-7-8-18(23(17)24)12-16-6-10-20(26-2)22(14-16)28-4/h5-6,9-14H,7-8H2,1-4H3/b17-11-,18-12+. The fourth-order valence-corrected chi connectivity index (χ4v) is 3.27. The maximum Gasteiger partial charge on any atom is 0.185 e. The van der Waals surface area contributed by atoms with E-state index >= 15 is 0 Å². The van der Waals surface area contributed by atoms with Crippen molar-refractivity contribution in [1.82, 2.24) is 0 Å². The van der Waals surface area contributed by atoms with E-state index in [1.165, 1.54) is 0 Å². The molecule has 1 aliphatic rings. The summed E-state index contributed by atoms with van der Waals surface area (Å²) in [6.45, 7) is 0. The van der Waals surface area contributed by atoms with Crippen LogP contribution in [0.3, 0.4) is 0 Å². The van der Waals surface area contributed by atoms with E-state index in [0.29, 0.717) is 35.8 Å². The molecule has 1 saturated carbocycles. The first-order valence-electron chi connectivity index (χ1n) is 8.99. The first-order valence-corrected chi connectivity index (χ1v) is 8.99. The molecule has 0 spiro atoms. The molecule has 3 rings (SSSR count). The van der Waals surface area contributed by atoms with Crippen LogP contribution in [0.5, 0.6) is 23.0 Å². The minimum absolute atomic E-state index is 0.0737. The van der Waals surface area contributed by atoms with Crippen molar-refractivity contribution in [3.8, 4) is 23.0 Å². The smallest absolute Gasteiger partial charge is 0.185 e. The number of Topliss-reactive ketones (excluding diaryl/α,β-unsaturated/α-hetero) is 1. The fourth-order valence-electron chi connectivity index (χ4n) is 3.27. The van der Waals surface area contributed by atoms with Gasteiger partial charge in [-0.3, -0.25) is 4.79 Å². The molecule has 1 fully saturated rings. The van der Waals surface area contributed by atoms with Crippen LogP contribution in [0.25, 0.3) is 12.2 Å². The molecule has 0 amide bonds. The molecule has 0 aromatic heterocycles. The summed E-state index contributed by atoms with van der Waals surface area (Å²) in [4.78, 5) is 12.8. The number of carbonyl (C=O) groups excluding carboxylic acids is 1. The zero-order valence-corrected chi connectivity index (χ0v) is 16.6. The third kappa shape index (κ3) is 4.03. The van der Waals surface area contributed by atoms with Gasteiger partial charge < -0.3 is 18.9 Å². The van der Waals surface area contributed by atoms with Gasteiger partial charge in [-0.25, -0.2) is 0 Å². The molecule has 1 aliphatic carbocycles. The summed E-state index contributed by atoms with van der Waals surface area (Å²) in [6.07, 6.45) is 5.26. The Kier molecular flexibility index (Phi) is 6.04. The number of ether oxygens (including phenoxy) is 4.